The van der Waals surface area contributed by atoms with Crippen molar-refractivity contribution in [1.29, 1.82) is 0 Å². The maximum atomic E-state index is 12.1. The maximum Gasteiger partial charge on any atom is 0.241 e. The first-order chi connectivity index (χ1) is 10.1. The molecule has 0 radical (unpaired) electrons. The van der Waals surface area contributed by atoms with E-state index in [0.29, 0.717) is 19.5 Å². The van der Waals surface area contributed by atoms with Gasteiger partial charge in [0.15, 0.2) is 0 Å². The normalized spacial score (nSPS) is 11.5. The van der Waals surface area contributed by atoms with Crippen LogP contribution >= 0.6 is 11.3 Å². The number of ether oxygens (including phenoxy) is 1. The Morgan fingerprint density at radius 3 is 2.76 bits per heavy atom. The fraction of sp³-hybridized carbons (Fsp3) is 0.286. The van der Waals surface area contributed by atoms with Gasteiger partial charge >= 0.3 is 0 Å². The van der Waals surface area contributed by atoms with Crippen LogP contribution in [0.4, 0.5) is 0 Å². The minimum absolute atomic E-state index is 0.271. The van der Waals surface area contributed by atoms with Crippen LogP contribution in [-0.2, 0) is 23.0 Å². The Morgan fingerprint density at radius 1 is 1.33 bits per heavy atom. The molecule has 0 saturated heterocycles. The summed E-state index contributed by atoms with van der Waals surface area (Å²) in [4.78, 5) is 1.12. The van der Waals surface area contributed by atoms with E-state index in [4.69, 9.17) is 10.5 Å². The zero-order valence-corrected chi connectivity index (χ0v) is 13.3. The van der Waals surface area contributed by atoms with Crippen LogP contribution in [0.15, 0.2) is 40.6 Å². The lowest BCUT2D eigenvalue weighted by Gasteiger charge is -2.09. The first-order valence-corrected chi connectivity index (χ1v) is 8.82. The summed E-state index contributed by atoms with van der Waals surface area (Å²) in [6.45, 7) is 0.665. The molecule has 0 fully saturated rings. The van der Waals surface area contributed by atoms with Crippen molar-refractivity contribution in [2.45, 2.75) is 17.9 Å². The van der Waals surface area contributed by atoms with Crippen LogP contribution in [0, 0.1) is 0 Å². The molecule has 5 nitrogen and oxygen atoms in total. The highest BCUT2D eigenvalue weighted by Crippen LogP contribution is 2.20. The number of thiophene rings is 1. The number of benzene rings is 1. The molecule has 2 rings (SSSR count). The Balaban J connectivity index is 1.99. The van der Waals surface area contributed by atoms with Gasteiger partial charge < -0.3 is 10.5 Å². The molecular formula is C14H18N2O3S2. The fourth-order valence-electron chi connectivity index (χ4n) is 1.92. The van der Waals surface area contributed by atoms with Gasteiger partial charge in [0, 0.05) is 23.3 Å². The van der Waals surface area contributed by atoms with Crippen molar-refractivity contribution in [3.63, 3.8) is 0 Å². The lowest BCUT2D eigenvalue weighted by Crippen LogP contribution is -2.25. The van der Waals surface area contributed by atoms with E-state index < -0.39 is 10.0 Å². The molecule has 1 aromatic carbocycles. The monoisotopic (exact) mass is 326 g/mol. The van der Waals surface area contributed by atoms with E-state index in [1.54, 1.807) is 18.6 Å². The number of methoxy groups -OCH3 is 1. The van der Waals surface area contributed by atoms with Crippen LogP contribution in [0.25, 0.3) is 0 Å². The average molecular weight is 326 g/mol. The first kappa shape index (κ1) is 16.0. The van der Waals surface area contributed by atoms with Crippen LogP contribution in [-0.4, -0.2) is 22.1 Å². The topological polar surface area (TPSA) is 81.4 Å². The number of sulfonamides is 1. The smallest absolute Gasteiger partial charge is 0.241 e. The van der Waals surface area contributed by atoms with Crippen molar-refractivity contribution in [1.82, 2.24) is 4.72 Å². The SMILES string of the molecule is COc1ccccc1CCNS(=O)(=O)c1csc(CN)c1. The summed E-state index contributed by atoms with van der Waals surface area (Å²) in [5.41, 5.74) is 6.46. The molecule has 7 heteroatoms. The number of hydrogen-bond acceptors (Lipinski definition) is 5. The second kappa shape index (κ2) is 7.04. The van der Waals surface area contributed by atoms with E-state index in [9.17, 15) is 8.42 Å². The van der Waals surface area contributed by atoms with Crippen molar-refractivity contribution < 1.29 is 13.2 Å². The highest BCUT2D eigenvalue weighted by molar-refractivity contribution is 7.89. The third kappa shape index (κ3) is 4.04. The molecule has 0 aliphatic rings. The molecule has 0 spiro atoms. The van der Waals surface area contributed by atoms with Gasteiger partial charge in [-0.2, -0.15) is 0 Å². The maximum absolute atomic E-state index is 12.1. The summed E-state index contributed by atoms with van der Waals surface area (Å²) in [6.07, 6.45) is 0.567. The zero-order valence-electron chi connectivity index (χ0n) is 11.7. The van der Waals surface area contributed by atoms with Crippen LogP contribution in [0.1, 0.15) is 10.4 Å². The zero-order chi connectivity index (χ0) is 15.3. The molecule has 21 heavy (non-hydrogen) atoms. The molecule has 0 aliphatic carbocycles. The molecule has 0 saturated carbocycles. The molecule has 0 bridgehead atoms. The van der Waals surface area contributed by atoms with Gasteiger partial charge in [-0.25, -0.2) is 13.1 Å². The van der Waals surface area contributed by atoms with E-state index in [1.807, 2.05) is 24.3 Å². The van der Waals surface area contributed by atoms with Crippen molar-refractivity contribution >= 4 is 21.4 Å². The molecule has 0 amide bonds. The van der Waals surface area contributed by atoms with Gasteiger partial charge in [0.2, 0.25) is 10.0 Å². The van der Waals surface area contributed by atoms with Crippen LogP contribution in [0.5, 0.6) is 5.75 Å². The molecule has 2 aromatic rings. The van der Waals surface area contributed by atoms with Crippen molar-refractivity contribution in [3.05, 3.63) is 46.2 Å². The third-order valence-corrected chi connectivity index (χ3v) is 5.57. The molecule has 1 heterocycles. The van der Waals surface area contributed by atoms with Gasteiger partial charge in [-0.1, -0.05) is 18.2 Å². The first-order valence-electron chi connectivity index (χ1n) is 6.46. The van der Waals surface area contributed by atoms with Crippen LogP contribution in [0.3, 0.4) is 0 Å². The number of nitrogens with two attached hydrogens (primary N) is 1. The lowest BCUT2D eigenvalue weighted by atomic mass is 10.1. The van der Waals surface area contributed by atoms with Crippen molar-refractivity contribution in [3.8, 4) is 5.75 Å². The lowest BCUT2D eigenvalue weighted by molar-refractivity contribution is 0.409. The molecule has 114 valence electrons. The van der Waals surface area contributed by atoms with Crippen molar-refractivity contribution in [2.75, 3.05) is 13.7 Å². The second-order valence-electron chi connectivity index (χ2n) is 4.41. The van der Waals surface area contributed by atoms with Crippen LogP contribution < -0.4 is 15.2 Å². The van der Waals surface area contributed by atoms with E-state index >= 15 is 0 Å². The van der Waals surface area contributed by atoms with Gasteiger partial charge in [-0.05, 0) is 24.1 Å². The van der Waals surface area contributed by atoms with Gasteiger partial charge in [0.05, 0.1) is 12.0 Å². The van der Waals surface area contributed by atoms with Gasteiger partial charge in [-0.3, -0.25) is 0 Å². The minimum Gasteiger partial charge on any atom is -0.496 e. The minimum atomic E-state index is -3.48. The third-order valence-electron chi connectivity index (χ3n) is 3.02. The molecule has 0 unspecified atom stereocenters. The van der Waals surface area contributed by atoms with Crippen molar-refractivity contribution in [2.24, 2.45) is 5.73 Å². The van der Waals surface area contributed by atoms with E-state index in [1.165, 1.54) is 11.3 Å². The van der Waals surface area contributed by atoms with Gasteiger partial charge in [0.25, 0.3) is 0 Å². The Labute approximate surface area is 128 Å². The average Bonchev–Trinajstić information content (AvgIpc) is 2.97. The fourth-order valence-corrected chi connectivity index (χ4v) is 4.11. The highest BCUT2D eigenvalue weighted by atomic mass is 32.2. The number of hydrogen-bond donors (Lipinski definition) is 2. The predicted octanol–water partition coefficient (Wildman–Crippen LogP) is 1.74. The Bertz CT molecular complexity index is 696. The molecular weight excluding hydrogens is 308 g/mol. The highest BCUT2D eigenvalue weighted by Gasteiger charge is 2.15. The standard InChI is InChI=1S/C14H18N2O3S2/c1-19-14-5-3-2-4-11(14)6-7-16-21(17,18)13-8-12(9-15)20-10-13/h2-5,8,10,16H,6-7,9,15H2,1H3. The quantitative estimate of drug-likeness (QED) is 0.812. The van der Waals surface area contributed by atoms with Gasteiger partial charge in [-0.15, -0.1) is 11.3 Å². The predicted molar refractivity (Wildman–Crippen MR) is 84.1 cm³/mol. The largest absolute Gasteiger partial charge is 0.496 e. The molecule has 0 atom stereocenters. The number of para-hydroxylation sites is 1. The van der Waals surface area contributed by atoms with E-state index in [2.05, 4.69) is 4.72 Å². The molecule has 3 N–H and O–H groups in total. The Hall–Kier alpha value is -1.41. The Morgan fingerprint density at radius 2 is 2.10 bits per heavy atom. The molecule has 0 aliphatic heterocycles. The van der Waals surface area contributed by atoms with E-state index in [0.717, 1.165) is 16.2 Å². The summed E-state index contributed by atoms with van der Waals surface area (Å²) >= 11 is 1.35. The van der Waals surface area contributed by atoms with E-state index in [-0.39, 0.29) is 4.90 Å². The summed E-state index contributed by atoms with van der Waals surface area (Å²) in [6, 6.07) is 9.17. The molecule has 1 aromatic heterocycles. The summed E-state index contributed by atoms with van der Waals surface area (Å²) in [7, 11) is -1.88. The summed E-state index contributed by atoms with van der Waals surface area (Å²) < 4.78 is 32.1. The Kier molecular flexibility index (Phi) is 5.35. The summed E-state index contributed by atoms with van der Waals surface area (Å²) in [5.74, 6) is 0.762. The van der Waals surface area contributed by atoms with Crippen LogP contribution in [0.2, 0.25) is 0 Å². The van der Waals surface area contributed by atoms with Gasteiger partial charge in [0.1, 0.15) is 5.75 Å². The second-order valence-corrected chi connectivity index (χ2v) is 7.18. The number of nitrogens with one attached hydrogen (secondary N) is 1. The summed E-state index contributed by atoms with van der Waals surface area (Å²) in [5, 5.41) is 1.60. The number of rotatable bonds is 7.